The number of carbonyl (C=O) groups is 2. The quantitative estimate of drug-likeness (QED) is 0.151. The first-order chi connectivity index (χ1) is 32.8. The lowest BCUT2D eigenvalue weighted by Gasteiger charge is -2.26. The number of H-pyrrole nitrogens is 1. The Hall–Kier alpha value is -7.58. The zero-order valence-electron chi connectivity index (χ0n) is 42.2. The Balaban J connectivity index is 1.50. The van der Waals surface area contributed by atoms with Crippen LogP contribution in [0.2, 0.25) is 0 Å². The monoisotopic (exact) mass is 927 g/mol. The maximum atomic E-state index is 12.1. The summed E-state index contributed by atoms with van der Waals surface area (Å²) in [6, 6.07) is 35.5. The average molecular weight is 928 g/mol. The minimum absolute atomic E-state index is 0.153. The molecule has 3 aromatic heterocycles. The van der Waals surface area contributed by atoms with E-state index in [1.807, 2.05) is 24.3 Å². The molecule has 5 heterocycles. The molecule has 2 aliphatic heterocycles. The third-order valence-electron chi connectivity index (χ3n) is 13.4. The topological polar surface area (TPSA) is 129 Å². The molecule has 0 saturated heterocycles. The highest BCUT2D eigenvalue weighted by molar-refractivity contribution is 6.00. The molecule has 8 bridgehead atoms. The number of aromatic carboxylic acids is 2. The first-order valence-corrected chi connectivity index (χ1v) is 23.9. The average Bonchev–Trinajstić information content (AvgIpc) is 4.14. The van der Waals surface area contributed by atoms with Crippen molar-refractivity contribution in [1.82, 2.24) is 15.0 Å². The molecule has 4 aromatic carbocycles. The molecule has 0 spiro atoms. The summed E-state index contributed by atoms with van der Waals surface area (Å²) >= 11 is 0. The van der Waals surface area contributed by atoms with Crippen LogP contribution in [0.4, 0.5) is 0 Å². The van der Waals surface area contributed by atoms with Crippen LogP contribution < -0.4 is 0 Å². The number of rotatable bonds is 6. The number of nitrogens with one attached hydrogen (secondary N) is 1. The summed E-state index contributed by atoms with van der Waals surface area (Å²) in [7, 11) is 0. The van der Waals surface area contributed by atoms with E-state index in [9.17, 15) is 19.8 Å². The molecule has 2 aliphatic rings. The van der Waals surface area contributed by atoms with Gasteiger partial charge < -0.3 is 19.6 Å². The Morgan fingerprint density at radius 1 is 0.400 bits per heavy atom. The zero-order chi connectivity index (χ0) is 50.2. The number of hydrogen-bond acceptors (Lipinski definition) is 5. The van der Waals surface area contributed by atoms with Crippen molar-refractivity contribution in [3.63, 3.8) is 0 Å². The second-order valence-corrected chi connectivity index (χ2v) is 22.7. The van der Waals surface area contributed by atoms with Crippen molar-refractivity contribution >= 4 is 58.4 Å². The smallest absolute Gasteiger partial charge is 0.335 e. The van der Waals surface area contributed by atoms with E-state index in [0.29, 0.717) is 33.7 Å². The molecule has 0 aliphatic carbocycles. The second-order valence-electron chi connectivity index (χ2n) is 22.7. The fourth-order valence-electron chi connectivity index (χ4n) is 9.12. The van der Waals surface area contributed by atoms with Crippen LogP contribution in [0.25, 0.3) is 91.0 Å². The molecule has 0 radical (unpaired) electrons. The summed E-state index contributed by atoms with van der Waals surface area (Å²) in [5.41, 5.74) is 16.8. The molecular weight excluding hydrogens is 867 g/mol. The number of nitrogens with zero attached hydrogens (tertiary/aromatic N) is 2. The molecule has 9 rings (SSSR count). The van der Waals surface area contributed by atoms with Crippen LogP contribution in [0.3, 0.4) is 0 Å². The Kier molecular flexibility index (Phi) is 11.6. The summed E-state index contributed by atoms with van der Waals surface area (Å²) < 4.78 is 6.96. The molecule has 0 saturated carbocycles. The second kappa shape index (κ2) is 17.1. The summed E-state index contributed by atoms with van der Waals surface area (Å²) in [4.78, 5) is 39.0. The van der Waals surface area contributed by atoms with Crippen molar-refractivity contribution in [3.05, 3.63) is 165 Å². The third kappa shape index (κ3) is 9.18. The van der Waals surface area contributed by atoms with Gasteiger partial charge in [-0.15, -0.1) is 0 Å². The van der Waals surface area contributed by atoms with E-state index < -0.39 is 11.9 Å². The summed E-state index contributed by atoms with van der Waals surface area (Å²) in [5.74, 6) is -2.04. The first-order valence-electron chi connectivity index (χ1n) is 23.9. The minimum atomic E-state index is -1.02. The number of aromatic nitrogens is 3. The van der Waals surface area contributed by atoms with Gasteiger partial charge in [-0.25, -0.2) is 19.6 Å². The molecule has 0 amide bonds. The fourth-order valence-corrected chi connectivity index (χ4v) is 9.12. The number of hydrogen-bond donors (Lipinski definition) is 3. The van der Waals surface area contributed by atoms with Crippen molar-refractivity contribution in [2.75, 3.05) is 0 Å². The molecule has 70 heavy (non-hydrogen) atoms. The predicted molar refractivity (Wildman–Crippen MR) is 287 cm³/mol. The predicted octanol–water partition coefficient (Wildman–Crippen LogP) is 16.2. The fraction of sp³-hybridized carbons (Fsp3) is 0.258. The van der Waals surface area contributed by atoms with Gasteiger partial charge in [0, 0.05) is 22.2 Å². The Labute approximate surface area is 410 Å². The Morgan fingerprint density at radius 2 is 0.700 bits per heavy atom. The normalized spacial score (nSPS) is 13.0. The standard InChI is InChI=1S/C62H61N3O5/c1-59(2,3)41-29-39(30-42(33-41)60(4,5)6)53-45-21-22-46(63-45)54(40-31-43(61(7,8)9)34-44(32-40)62(10,11)12)48-24-26-50(65-48)56(36-15-19-38(20-16-36)58(68)69)52-28-27-51(70-52)55(49-25-23-47(53)64-49)35-13-17-37(18-14-35)57(66)67/h13-34,63H,1-12H3,(H,66,67)(H,68,69). The molecule has 7 aromatic rings. The number of benzene rings is 4. The first kappa shape index (κ1) is 47.5. The molecule has 0 fully saturated rings. The van der Waals surface area contributed by atoms with E-state index in [2.05, 4.69) is 149 Å². The molecule has 0 unspecified atom stereocenters. The van der Waals surface area contributed by atoms with Gasteiger partial charge in [-0.05, 0) is 139 Å². The van der Waals surface area contributed by atoms with Crippen LogP contribution in [0.1, 0.15) is 149 Å². The lowest BCUT2D eigenvalue weighted by Crippen LogP contribution is -2.16. The Morgan fingerprint density at radius 3 is 0.986 bits per heavy atom. The van der Waals surface area contributed by atoms with Crippen molar-refractivity contribution in [2.45, 2.75) is 105 Å². The van der Waals surface area contributed by atoms with Crippen LogP contribution in [0, 0.1) is 0 Å². The van der Waals surface area contributed by atoms with E-state index in [1.165, 1.54) is 22.3 Å². The SMILES string of the molecule is CC(C)(C)c1cc(-c2c3nc(c(-c4ccc(C(=O)O)cc4)c4ccc(o4)c(-c4ccc(C(=O)O)cc4)c4nc(c(-c5cc(C(C)(C)C)cc(C(C)(C)C)c5)c5ccc2[nH]5)C=C4)C=C3)cc(C(C)(C)C)c1. The number of fused-ring (bicyclic) bond motifs is 8. The van der Waals surface area contributed by atoms with Gasteiger partial charge in [0.25, 0.3) is 0 Å². The summed E-state index contributed by atoms with van der Waals surface area (Å²) in [6.45, 7) is 27.0. The molecule has 8 nitrogen and oxygen atoms in total. The van der Waals surface area contributed by atoms with Gasteiger partial charge in [0.05, 0.1) is 45.0 Å². The Bertz CT molecular complexity index is 3210. The number of aromatic amines is 1. The van der Waals surface area contributed by atoms with E-state index in [4.69, 9.17) is 14.4 Å². The van der Waals surface area contributed by atoms with E-state index >= 15 is 0 Å². The summed E-state index contributed by atoms with van der Waals surface area (Å²) in [5, 5.41) is 19.7. The highest BCUT2D eigenvalue weighted by Gasteiger charge is 2.26. The highest BCUT2D eigenvalue weighted by atomic mass is 16.4. The van der Waals surface area contributed by atoms with Gasteiger partial charge in [0.1, 0.15) is 11.2 Å². The van der Waals surface area contributed by atoms with Crippen LogP contribution in [-0.2, 0) is 21.7 Å². The van der Waals surface area contributed by atoms with Crippen molar-refractivity contribution < 1.29 is 24.2 Å². The highest BCUT2D eigenvalue weighted by Crippen LogP contribution is 2.43. The molecule has 0 atom stereocenters. The van der Waals surface area contributed by atoms with Gasteiger partial charge in [-0.3, -0.25) is 0 Å². The number of carboxylic acids is 2. The number of furan rings is 1. The van der Waals surface area contributed by atoms with Gasteiger partial charge in [0.2, 0.25) is 0 Å². The van der Waals surface area contributed by atoms with Crippen molar-refractivity contribution in [1.29, 1.82) is 0 Å². The molecule has 3 N–H and O–H groups in total. The van der Waals surface area contributed by atoms with E-state index in [-0.39, 0.29) is 32.8 Å². The van der Waals surface area contributed by atoms with E-state index in [0.717, 1.165) is 55.8 Å². The van der Waals surface area contributed by atoms with Crippen molar-refractivity contribution in [2.24, 2.45) is 0 Å². The molecule has 8 heteroatoms. The number of carboxylic acid groups (broad SMARTS) is 2. The molecule has 354 valence electrons. The van der Waals surface area contributed by atoms with Gasteiger partial charge in [-0.1, -0.05) is 144 Å². The van der Waals surface area contributed by atoms with Crippen molar-refractivity contribution in [3.8, 4) is 44.5 Å². The van der Waals surface area contributed by atoms with Crippen LogP contribution >= 0.6 is 0 Å². The summed E-state index contributed by atoms with van der Waals surface area (Å²) in [6.07, 6.45) is 8.11. The van der Waals surface area contributed by atoms with Crippen LogP contribution in [-0.4, -0.2) is 37.1 Å². The maximum absolute atomic E-state index is 12.1. The third-order valence-corrected chi connectivity index (χ3v) is 13.4. The lowest BCUT2D eigenvalue weighted by molar-refractivity contribution is 0.0686. The largest absolute Gasteiger partial charge is 0.478 e. The van der Waals surface area contributed by atoms with Crippen LogP contribution in [0.5, 0.6) is 0 Å². The van der Waals surface area contributed by atoms with Crippen LogP contribution in [0.15, 0.2) is 114 Å². The molecular formula is C62H61N3O5. The van der Waals surface area contributed by atoms with Gasteiger partial charge in [0.15, 0.2) is 0 Å². The zero-order valence-corrected chi connectivity index (χ0v) is 42.2. The maximum Gasteiger partial charge on any atom is 0.335 e. The van der Waals surface area contributed by atoms with E-state index in [1.54, 1.807) is 48.5 Å². The van der Waals surface area contributed by atoms with Gasteiger partial charge >= 0.3 is 11.9 Å². The minimum Gasteiger partial charge on any atom is -0.478 e. The lowest BCUT2D eigenvalue weighted by atomic mass is 9.79. The van der Waals surface area contributed by atoms with Gasteiger partial charge in [-0.2, -0.15) is 0 Å².